The molecule has 5 heavy (non-hydrogen) atoms. The van der Waals surface area contributed by atoms with E-state index in [2.05, 4.69) is 0 Å². The van der Waals surface area contributed by atoms with Crippen LogP contribution in [0.25, 0.3) is 18.5 Å². The largest absolute Gasteiger partial charge is 0.693 e. The topological polar surface area (TPSA) is 100 Å². The third-order valence-electron chi connectivity index (χ3n) is 0. The van der Waals surface area contributed by atoms with Gasteiger partial charge in [0.15, 0.2) is 0 Å². The minimum Gasteiger partial charge on any atom is -0.693 e. The van der Waals surface area contributed by atoms with Crippen molar-refractivity contribution in [1.29, 1.82) is 0 Å². The van der Waals surface area contributed by atoms with E-state index in [-0.39, 0.29) is 54.7 Å². The first-order valence-electron chi connectivity index (χ1n) is 0. The predicted octanol–water partition coefficient (Wildman–Crippen LogP) is 1.12. The average Bonchev–Trinajstić information content (AvgIpc) is 0. The van der Waals surface area contributed by atoms with Gasteiger partial charge < -0.3 is 18.5 Å². The molecule has 3 nitrogen and oxygen atoms in total. The molecule has 0 radical (unpaired) electrons. The molecule has 0 fully saturated rings. The van der Waals surface area contributed by atoms with Crippen LogP contribution in [0.2, 0.25) is 0 Å². The van der Waals surface area contributed by atoms with E-state index < -0.39 is 0 Å². The Morgan fingerprint density at radius 1 is 0.600 bits per heavy atom. The average molecular weight is 83.0 g/mol. The van der Waals surface area contributed by atoms with Crippen molar-refractivity contribution >= 4 is 36.2 Å². The van der Waals surface area contributed by atoms with Crippen LogP contribution in [0.4, 0.5) is 0 Å². The van der Waals surface area contributed by atoms with E-state index in [0.717, 1.165) is 0 Å². The molecule has 0 unspecified atom stereocenters. The molecule has 0 aliphatic rings. The normalized spacial score (nSPS) is 0. The fourth-order valence-corrected chi connectivity index (χ4v) is 0. The molecule has 0 spiro atoms. The van der Waals surface area contributed by atoms with Gasteiger partial charge in [0, 0.05) is 0 Å². The summed E-state index contributed by atoms with van der Waals surface area (Å²) >= 11 is 0. The molecule has 6 N–H and O–H groups in total. The Morgan fingerprint density at radius 3 is 0.600 bits per heavy atom. The standard InChI is InChI=1S/Al.Li.3H2N.H/h;;3*1H2;/q+3;;3*-1;. The maximum atomic E-state index is 0. The summed E-state index contributed by atoms with van der Waals surface area (Å²) in [5.74, 6) is 0. The first kappa shape index (κ1) is 148. The minimum absolute atomic E-state index is 0. The summed E-state index contributed by atoms with van der Waals surface area (Å²) in [6.45, 7) is 0. The molecule has 0 aromatic carbocycles. The third kappa shape index (κ3) is 44.5. The summed E-state index contributed by atoms with van der Waals surface area (Å²) in [5.41, 5.74) is 0. The van der Waals surface area contributed by atoms with Gasteiger partial charge in [-0.2, -0.15) is 0 Å². The van der Waals surface area contributed by atoms with E-state index in [9.17, 15) is 0 Å². The second-order valence-corrected chi connectivity index (χ2v) is 0. The number of rotatable bonds is 0. The summed E-state index contributed by atoms with van der Waals surface area (Å²) in [6, 6.07) is 0. The quantitative estimate of drug-likeness (QED) is 0.392. The van der Waals surface area contributed by atoms with Gasteiger partial charge in [0.25, 0.3) is 0 Å². The molecule has 26 valence electrons. The third-order valence-corrected chi connectivity index (χ3v) is 0. The molecule has 0 aromatic heterocycles. The second-order valence-electron chi connectivity index (χ2n) is 0. The first-order valence-corrected chi connectivity index (χ1v) is 0. The summed E-state index contributed by atoms with van der Waals surface area (Å²) in [6.07, 6.45) is 0. The Bertz CT molecular complexity index is 6.85. The van der Waals surface area contributed by atoms with Crippen LogP contribution in [-0.2, 0) is 0 Å². The maximum Gasteiger partial charge on any atom is -0.693 e. The zero-order valence-electron chi connectivity index (χ0n) is 2.31. The van der Waals surface area contributed by atoms with Gasteiger partial charge in [-0.1, -0.05) is 0 Å². The molecular formula is H7AlLiN3. The Balaban J connectivity index is 0. The van der Waals surface area contributed by atoms with E-state index >= 15 is 0 Å². The molecule has 0 amide bonds. The molecule has 0 heterocycles. The molecule has 0 saturated carbocycles. The van der Waals surface area contributed by atoms with Crippen LogP contribution in [-0.4, -0.2) is 36.2 Å². The van der Waals surface area contributed by atoms with Crippen LogP contribution in [0.5, 0.6) is 0 Å². The first-order chi connectivity index (χ1) is 0. The van der Waals surface area contributed by atoms with Gasteiger partial charge >= 0.3 is 36.2 Å². The van der Waals surface area contributed by atoms with Crippen molar-refractivity contribution in [1.82, 2.24) is 0 Å². The van der Waals surface area contributed by atoms with Crippen LogP contribution < -0.4 is 0 Å². The van der Waals surface area contributed by atoms with Gasteiger partial charge in [0.2, 0.25) is 0 Å². The van der Waals surface area contributed by atoms with Crippen LogP contribution in [0.15, 0.2) is 0 Å². The monoisotopic (exact) mass is 83.1 g/mol. The Labute approximate surface area is 54.9 Å². The van der Waals surface area contributed by atoms with Crippen molar-refractivity contribution in [2.45, 2.75) is 0 Å². The van der Waals surface area contributed by atoms with Gasteiger partial charge in [-0.05, 0) is 0 Å². The molecule has 0 rings (SSSR count). The minimum atomic E-state index is 0. The van der Waals surface area contributed by atoms with Crippen LogP contribution >= 0.6 is 0 Å². The fourth-order valence-electron chi connectivity index (χ4n) is 0. The van der Waals surface area contributed by atoms with Crippen LogP contribution in [0.1, 0.15) is 0 Å². The van der Waals surface area contributed by atoms with E-state index in [0.29, 0.717) is 0 Å². The van der Waals surface area contributed by atoms with Crippen molar-refractivity contribution in [3.8, 4) is 0 Å². The number of hydrogen-bond donors (Lipinski definition) is 0. The van der Waals surface area contributed by atoms with E-state index in [4.69, 9.17) is 0 Å². The van der Waals surface area contributed by atoms with E-state index in [1.165, 1.54) is 0 Å². The molecule has 0 atom stereocenters. The van der Waals surface area contributed by atoms with Gasteiger partial charge in [0.05, 0.1) is 0 Å². The number of nitrogens with two attached hydrogens (primary N) is 3. The predicted molar refractivity (Wildman–Crippen MR) is 28.8 cm³/mol. The van der Waals surface area contributed by atoms with Gasteiger partial charge in [0.1, 0.15) is 0 Å². The fraction of sp³-hybridized carbons (Fsp3) is 0. The second kappa shape index (κ2) is 79.0. The summed E-state index contributed by atoms with van der Waals surface area (Å²) in [7, 11) is 0. The van der Waals surface area contributed by atoms with E-state index in [1.807, 2.05) is 0 Å². The molecule has 5 heteroatoms. The van der Waals surface area contributed by atoms with Gasteiger partial charge in [-0.25, -0.2) is 0 Å². The van der Waals surface area contributed by atoms with Crippen molar-refractivity contribution in [3.05, 3.63) is 18.5 Å². The smallest absolute Gasteiger partial charge is 0.693 e. The van der Waals surface area contributed by atoms with Crippen molar-refractivity contribution in [2.24, 2.45) is 0 Å². The molecule has 0 aromatic rings. The molecular weight excluding hydrogens is 75.9 g/mol. The Hall–Kier alpha value is 1.01. The SMILES string of the molecule is [Al+3].[LiH].[NH2-].[NH2-].[NH2-]. The van der Waals surface area contributed by atoms with Gasteiger partial charge in [-0.3, -0.25) is 0 Å². The Kier molecular flexibility index (Phi) is 2340. The molecule has 0 bridgehead atoms. The molecule has 0 aliphatic carbocycles. The summed E-state index contributed by atoms with van der Waals surface area (Å²) in [5, 5.41) is 0. The zero-order valence-corrected chi connectivity index (χ0v) is 3.46. The van der Waals surface area contributed by atoms with Gasteiger partial charge in [-0.15, -0.1) is 0 Å². The van der Waals surface area contributed by atoms with Crippen LogP contribution in [0, 0.1) is 0 Å². The number of hydrogen-bond acceptors (Lipinski definition) is 0. The zero-order chi connectivity index (χ0) is 0. The van der Waals surface area contributed by atoms with Crippen LogP contribution in [0.3, 0.4) is 0 Å². The maximum absolute atomic E-state index is 0. The van der Waals surface area contributed by atoms with Crippen molar-refractivity contribution < 1.29 is 0 Å². The van der Waals surface area contributed by atoms with E-state index in [1.54, 1.807) is 0 Å². The Morgan fingerprint density at radius 2 is 0.600 bits per heavy atom. The molecule has 0 aliphatic heterocycles. The molecule has 0 saturated heterocycles. The summed E-state index contributed by atoms with van der Waals surface area (Å²) in [4.78, 5) is 0. The van der Waals surface area contributed by atoms with Crippen molar-refractivity contribution in [3.63, 3.8) is 0 Å². The summed E-state index contributed by atoms with van der Waals surface area (Å²) < 4.78 is 0. The van der Waals surface area contributed by atoms with Crippen molar-refractivity contribution in [2.75, 3.05) is 0 Å².